The number of aromatic nitrogens is 3. The molecule has 0 bridgehead atoms. The van der Waals surface area contributed by atoms with Gasteiger partial charge in [0.2, 0.25) is 5.88 Å². The summed E-state index contributed by atoms with van der Waals surface area (Å²) in [6, 6.07) is 5.33. The number of halogens is 1. The number of hydrogen-bond acceptors (Lipinski definition) is 10. The van der Waals surface area contributed by atoms with Crippen LogP contribution in [-0.4, -0.2) is 69.5 Å². The first-order valence-corrected chi connectivity index (χ1v) is 12.5. The van der Waals surface area contributed by atoms with E-state index in [1.165, 1.54) is 7.11 Å². The Morgan fingerprint density at radius 2 is 2.14 bits per heavy atom. The van der Waals surface area contributed by atoms with Gasteiger partial charge in [-0.1, -0.05) is 0 Å². The Morgan fingerprint density at radius 3 is 2.94 bits per heavy atom. The highest BCUT2D eigenvalue weighted by Crippen LogP contribution is 2.33. The molecule has 0 saturated carbocycles. The predicted molar refractivity (Wildman–Crippen MR) is 127 cm³/mol. The van der Waals surface area contributed by atoms with Crippen LogP contribution in [0.25, 0.3) is 11.0 Å². The monoisotopic (exact) mass is 502 g/mol. The number of aliphatic hydroxyl groups excluding tert-OH is 2. The fraction of sp³-hybridized carbons (Fsp3) is 0.458. The highest BCUT2D eigenvalue weighted by molar-refractivity contribution is 7.99. The number of ether oxygens (including phenoxy) is 3. The Kier molecular flexibility index (Phi) is 7.30. The van der Waals surface area contributed by atoms with Crippen molar-refractivity contribution in [1.82, 2.24) is 20.3 Å². The highest BCUT2D eigenvalue weighted by atomic mass is 32.2. The van der Waals surface area contributed by atoms with E-state index in [4.69, 9.17) is 14.2 Å². The lowest BCUT2D eigenvalue weighted by atomic mass is 9.94. The van der Waals surface area contributed by atoms with Crippen LogP contribution in [0.5, 0.6) is 11.6 Å². The maximum atomic E-state index is 14.7. The largest absolute Gasteiger partial charge is 0.490 e. The fourth-order valence-electron chi connectivity index (χ4n) is 4.35. The number of pyridine rings is 3. The van der Waals surface area contributed by atoms with Crippen molar-refractivity contribution >= 4 is 22.8 Å². The predicted octanol–water partition coefficient (Wildman–Crippen LogP) is 2.39. The van der Waals surface area contributed by atoms with Gasteiger partial charge in [0.05, 0.1) is 54.9 Å². The first-order valence-electron chi connectivity index (χ1n) is 11.5. The minimum absolute atomic E-state index is 0.0711. The minimum atomic E-state index is -1.53. The quantitative estimate of drug-likeness (QED) is 0.444. The average molecular weight is 503 g/mol. The highest BCUT2D eigenvalue weighted by Gasteiger charge is 2.35. The molecule has 0 aromatic carbocycles. The van der Waals surface area contributed by atoms with Crippen molar-refractivity contribution in [2.75, 3.05) is 26.1 Å². The van der Waals surface area contributed by atoms with Gasteiger partial charge in [0, 0.05) is 30.0 Å². The molecule has 3 aromatic rings. The van der Waals surface area contributed by atoms with Crippen LogP contribution in [0.15, 0.2) is 35.5 Å². The second-order valence-corrected chi connectivity index (χ2v) is 9.66. The Hall–Kier alpha value is -2.57. The summed E-state index contributed by atoms with van der Waals surface area (Å²) in [6.45, 7) is 1.63. The molecule has 0 aliphatic carbocycles. The fourth-order valence-corrected chi connectivity index (χ4v) is 5.21. The van der Waals surface area contributed by atoms with Gasteiger partial charge in [-0.3, -0.25) is 9.97 Å². The lowest BCUT2D eigenvalue weighted by molar-refractivity contribution is -0.114. The maximum Gasteiger partial charge on any atom is 0.213 e. The first kappa shape index (κ1) is 24.1. The van der Waals surface area contributed by atoms with Gasteiger partial charge < -0.3 is 29.7 Å². The lowest BCUT2D eigenvalue weighted by Crippen LogP contribution is -2.45. The van der Waals surface area contributed by atoms with Crippen molar-refractivity contribution < 1.29 is 28.8 Å². The van der Waals surface area contributed by atoms with Crippen LogP contribution in [0.2, 0.25) is 0 Å². The minimum Gasteiger partial charge on any atom is -0.490 e. The van der Waals surface area contributed by atoms with Crippen molar-refractivity contribution in [3.05, 3.63) is 47.7 Å². The summed E-state index contributed by atoms with van der Waals surface area (Å²) in [5.41, 5.74) is 1.34. The molecule has 0 radical (unpaired) electrons. The van der Waals surface area contributed by atoms with Gasteiger partial charge in [-0.15, -0.1) is 11.8 Å². The molecule has 0 spiro atoms. The van der Waals surface area contributed by atoms with Gasteiger partial charge in [0.1, 0.15) is 23.5 Å². The summed E-state index contributed by atoms with van der Waals surface area (Å²) in [4.78, 5) is 13.8. The van der Waals surface area contributed by atoms with Crippen molar-refractivity contribution in [3.8, 4) is 11.6 Å². The van der Waals surface area contributed by atoms with Crippen molar-refractivity contribution in [3.63, 3.8) is 0 Å². The third-order valence-electron chi connectivity index (χ3n) is 6.26. The third kappa shape index (κ3) is 5.19. The van der Waals surface area contributed by atoms with Crippen LogP contribution < -0.4 is 14.8 Å². The second kappa shape index (κ2) is 10.6. The molecule has 0 amide bonds. The summed E-state index contributed by atoms with van der Waals surface area (Å²) >= 11 is 1.76. The SMILES string of the molecule is COc1ccc2ncc(F)c([C@@H](O)[C@H](O)[C@@H]3CC[C@@H](NCc4cc5c(cn4)OCCS5)CO3)c2n1. The molecule has 3 aromatic heterocycles. The molecule has 3 N–H and O–H groups in total. The molecular formula is C24H27FN4O5S. The Morgan fingerprint density at radius 1 is 1.26 bits per heavy atom. The summed E-state index contributed by atoms with van der Waals surface area (Å²) in [5.74, 6) is 1.27. The van der Waals surface area contributed by atoms with E-state index in [2.05, 4.69) is 20.3 Å². The van der Waals surface area contributed by atoms with Crippen molar-refractivity contribution in [1.29, 1.82) is 0 Å². The van der Waals surface area contributed by atoms with Crippen LogP contribution in [0.1, 0.15) is 30.2 Å². The van der Waals surface area contributed by atoms with E-state index in [0.717, 1.165) is 34.7 Å². The van der Waals surface area contributed by atoms with Gasteiger partial charge in [-0.05, 0) is 25.0 Å². The van der Waals surface area contributed by atoms with E-state index in [0.29, 0.717) is 31.7 Å². The number of methoxy groups -OCH3 is 1. The lowest BCUT2D eigenvalue weighted by Gasteiger charge is -2.34. The molecule has 4 atom stereocenters. The van der Waals surface area contributed by atoms with E-state index in [1.54, 1.807) is 30.1 Å². The molecule has 9 nitrogen and oxygen atoms in total. The van der Waals surface area contributed by atoms with Gasteiger partial charge in [0.25, 0.3) is 0 Å². The Labute approximate surface area is 206 Å². The number of hydrogen-bond donors (Lipinski definition) is 3. The van der Waals surface area contributed by atoms with Gasteiger partial charge in [-0.2, -0.15) is 0 Å². The van der Waals surface area contributed by atoms with Crippen LogP contribution in [0, 0.1) is 5.82 Å². The molecule has 1 fully saturated rings. The van der Waals surface area contributed by atoms with E-state index >= 15 is 0 Å². The molecule has 1 saturated heterocycles. The van der Waals surface area contributed by atoms with Gasteiger partial charge in [-0.25, -0.2) is 9.37 Å². The van der Waals surface area contributed by atoms with E-state index in [-0.39, 0.29) is 23.0 Å². The topological polar surface area (TPSA) is 119 Å². The second-order valence-electron chi connectivity index (χ2n) is 8.52. The summed E-state index contributed by atoms with van der Waals surface area (Å²) in [6.07, 6.45) is 0.490. The third-order valence-corrected chi connectivity index (χ3v) is 7.26. The maximum absolute atomic E-state index is 14.7. The number of thioether (sulfide) groups is 1. The van der Waals surface area contributed by atoms with E-state index < -0.39 is 24.1 Å². The zero-order valence-electron chi connectivity index (χ0n) is 19.2. The van der Waals surface area contributed by atoms with Crippen LogP contribution in [0.3, 0.4) is 0 Å². The Balaban J connectivity index is 1.20. The molecule has 186 valence electrons. The van der Waals surface area contributed by atoms with Crippen LogP contribution in [-0.2, 0) is 11.3 Å². The number of nitrogens with zero attached hydrogens (tertiary/aromatic N) is 3. The molecule has 0 unspecified atom stereocenters. The molecule has 2 aliphatic heterocycles. The van der Waals surface area contributed by atoms with Gasteiger partial charge >= 0.3 is 0 Å². The summed E-state index contributed by atoms with van der Waals surface area (Å²) < 4.78 is 31.3. The normalized spacial score (nSPS) is 21.7. The molecule has 5 rings (SSSR count). The van der Waals surface area contributed by atoms with E-state index in [9.17, 15) is 14.6 Å². The van der Waals surface area contributed by atoms with Crippen molar-refractivity contribution in [2.45, 2.75) is 48.6 Å². The molecule has 11 heteroatoms. The zero-order valence-corrected chi connectivity index (χ0v) is 20.0. The standard InChI is InChI=1S/C24H27FN4O5S/c1-32-20-5-3-16-22(29-20)21(15(25)10-28-16)24(31)23(30)17-4-2-13(12-34-17)26-9-14-8-19-18(11-27-14)33-6-7-35-19/h3,5,8,10-11,13,17,23-24,26,30-31H,2,4,6-7,9,12H2,1H3/t13-,17+,23-,24-/m1/s1. The number of fused-ring (bicyclic) bond motifs is 2. The summed E-state index contributed by atoms with van der Waals surface area (Å²) in [7, 11) is 1.45. The number of nitrogens with one attached hydrogen (secondary N) is 1. The molecule has 5 heterocycles. The van der Waals surface area contributed by atoms with Gasteiger partial charge in [0.15, 0.2) is 5.75 Å². The van der Waals surface area contributed by atoms with Crippen LogP contribution in [0.4, 0.5) is 4.39 Å². The van der Waals surface area contributed by atoms with Crippen molar-refractivity contribution in [2.24, 2.45) is 0 Å². The molecule has 35 heavy (non-hydrogen) atoms. The summed E-state index contributed by atoms with van der Waals surface area (Å²) in [5, 5.41) is 25.2. The molecule has 2 aliphatic rings. The van der Waals surface area contributed by atoms with E-state index in [1.807, 2.05) is 6.07 Å². The molecular weight excluding hydrogens is 475 g/mol. The smallest absolute Gasteiger partial charge is 0.213 e. The average Bonchev–Trinajstić information content (AvgIpc) is 2.91. The number of rotatable bonds is 7. The number of aliphatic hydroxyl groups is 2. The Bertz CT molecular complexity index is 1190. The van der Waals surface area contributed by atoms with Crippen LogP contribution >= 0.6 is 11.8 Å². The first-order chi connectivity index (χ1) is 17.0. The zero-order chi connectivity index (χ0) is 24.4.